The molecule has 1 fully saturated rings. The average Bonchev–Trinajstić information content (AvgIpc) is 2.50. The number of hydrogen-bond acceptors (Lipinski definition) is 3. The standard InChI is InChI=1S/C8H16N2O2/c1-10(2)8(11)7-4-3-6(5-9)12-7/h6-7H,3-5,9H2,1-2H3. The Labute approximate surface area is 72.7 Å². The summed E-state index contributed by atoms with van der Waals surface area (Å²) in [7, 11) is 3.48. The van der Waals surface area contributed by atoms with Crippen molar-refractivity contribution in [3.8, 4) is 0 Å². The monoisotopic (exact) mass is 172 g/mol. The Morgan fingerprint density at radius 3 is 2.67 bits per heavy atom. The number of likely N-dealkylation sites (N-methyl/N-ethyl adjacent to an activating group) is 1. The molecule has 1 amide bonds. The minimum absolute atomic E-state index is 0.0472. The molecule has 1 aliphatic rings. The normalized spacial score (nSPS) is 28.9. The molecule has 0 spiro atoms. The molecule has 1 saturated heterocycles. The molecular weight excluding hydrogens is 156 g/mol. The smallest absolute Gasteiger partial charge is 0.251 e. The van der Waals surface area contributed by atoms with E-state index in [4.69, 9.17) is 10.5 Å². The second kappa shape index (κ2) is 3.87. The summed E-state index contributed by atoms with van der Waals surface area (Å²) in [5.74, 6) is 0.0472. The van der Waals surface area contributed by atoms with Crippen molar-refractivity contribution < 1.29 is 9.53 Å². The number of ether oxygens (including phenoxy) is 1. The van der Waals surface area contributed by atoms with Crippen molar-refractivity contribution in [2.45, 2.75) is 25.0 Å². The third-order valence-electron chi connectivity index (χ3n) is 2.09. The minimum atomic E-state index is -0.256. The summed E-state index contributed by atoms with van der Waals surface area (Å²) in [6, 6.07) is 0. The molecule has 1 aliphatic heterocycles. The van der Waals surface area contributed by atoms with E-state index in [1.54, 1.807) is 19.0 Å². The Balaban J connectivity index is 2.41. The van der Waals surface area contributed by atoms with E-state index in [1.807, 2.05) is 0 Å². The van der Waals surface area contributed by atoms with Crippen molar-refractivity contribution in [2.75, 3.05) is 20.6 Å². The van der Waals surface area contributed by atoms with Crippen molar-refractivity contribution in [1.29, 1.82) is 0 Å². The fourth-order valence-electron chi connectivity index (χ4n) is 1.35. The van der Waals surface area contributed by atoms with Crippen molar-refractivity contribution in [2.24, 2.45) is 5.73 Å². The molecule has 1 heterocycles. The number of rotatable bonds is 2. The molecule has 0 bridgehead atoms. The third-order valence-corrected chi connectivity index (χ3v) is 2.09. The van der Waals surface area contributed by atoms with Crippen LogP contribution in [0.2, 0.25) is 0 Å². The lowest BCUT2D eigenvalue weighted by Gasteiger charge is -2.16. The van der Waals surface area contributed by atoms with Gasteiger partial charge in [-0.05, 0) is 12.8 Å². The second-order valence-electron chi connectivity index (χ2n) is 3.29. The lowest BCUT2D eigenvalue weighted by molar-refractivity contribution is -0.140. The largest absolute Gasteiger partial charge is 0.364 e. The summed E-state index contributed by atoms with van der Waals surface area (Å²) in [4.78, 5) is 12.9. The van der Waals surface area contributed by atoms with Crippen LogP contribution in [0.5, 0.6) is 0 Å². The van der Waals surface area contributed by atoms with E-state index in [-0.39, 0.29) is 18.1 Å². The van der Waals surface area contributed by atoms with Crippen LogP contribution in [0.1, 0.15) is 12.8 Å². The van der Waals surface area contributed by atoms with Gasteiger partial charge in [0.15, 0.2) is 0 Å². The van der Waals surface area contributed by atoms with E-state index < -0.39 is 0 Å². The highest BCUT2D eigenvalue weighted by Crippen LogP contribution is 2.19. The van der Waals surface area contributed by atoms with Crippen LogP contribution in [0, 0.1) is 0 Å². The Morgan fingerprint density at radius 2 is 2.25 bits per heavy atom. The summed E-state index contributed by atoms with van der Waals surface area (Å²) in [6.45, 7) is 0.511. The number of nitrogens with two attached hydrogens (primary N) is 1. The fraction of sp³-hybridized carbons (Fsp3) is 0.875. The van der Waals surface area contributed by atoms with Crippen molar-refractivity contribution in [3.05, 3.63) is 0 Å². The van der Waals surface area contributed by atoms with E-state index in [0.717, 1.165) is 12.8 Å². The van der Waals surface area contributed by atoms with Gasteiger partial charge in [-0.25, -0.2) is 0 Å². The van der Waals surface area contributed by atoms with Gasteiger partial charge in [0.2, 0.25) is 0 Å². The van der Waals surface area contributed by atoms with Gasteiger partial charge in [0.1, 0.15) is 6.10 Å². The summed E-state index contributed by atoms with van der Waals surface area (Å²) in [5.41, 5.74) is 5.42. The van der Waals surface area contributed by atoms with Crippen LogP contribution in [0.25, 0.3) is 0 Å². The van der Waals surface area contributed by atoms with Crippen LogP contribution in [-0.4, -0.2) is 43.7 Å². The molecule has 2 N–H and O–H groups in total. The highest BCUT2D eigenvalue weighted by molar-refractivity contribution is 5.80. The Morgan fingerprint density at radius 1 is 1.58 bits per heavy atom. The molecule has 0 aliphatic carbocycles. The summed E-state index contributed by atoms with van der Waals surface area (Å²) >= 11 is 0. The number of carbonyl (C=O) groups excluding carboxylic acids is 1. The first kappa shape index (κ1) is 9.48. The van der Waals surface area contributed by atoms with Crippen molar-refractivity contribution in [1.82, 2.24) is 4.90 Å². The van der Waals surface area contributed by atoms with Gasteiger partial charge in [-0.1, -0.05) is 0 Å². The first-order valence-corrected chi connectivity index (χ1v) is 4.22. The molecule has 0 saturated carbocycles. The van der Waals surface area contributed by atoms with Crippen molar-refractivity contribution in [3.63, 3.8) is 0 Å². The topological polar surface area (TPSA) is 55.6 Å². The molecule has 12 heavy (non-hydrogen) atoms. The molecule has 70 valence electrons. The maximum absolute atomic E-state index is 11.4. The third kappa shape index (κ3) is 1.95. The predicted molar refractivity (Wildman–Crippen MR) is 45.6 cm³/mol. The van der Waals surface area contributed by atoms with Gasteiger partial charge in [0, 0.05) is 20.6 Å². The van der Waals surface area contributed by atoms with Crippen LogP contribution < -0.4 is 5.73 Å². The minimum Gasteiger partial charge on any atom is -0.364 e. The van der Waals surface area contributed by atoms with Crippen LogP contribution in [-0.2, 0) is 9.53 Å². The Hall–Kier alpha value is -0.610. The van der Waals surface area contributed by atoms with E-state index in [9.17, 15) is 4.79 Å². The number of amides is 1. The highest BCUT2D eigenvalue weighted by atomic mass is 16.5. The average molecular weight is 172 g/mol. The first-order valence-electron chi connectivity index (χ1n) is 4.22. The Bertz CT molecular complexity index is 170. The molecule has 0 radical (unpaired) electrons. The quantitative estimate of drug-likeness (QED) is 0.615. The van der Waals surface area contributed by atoms with Gasteiger partial charge in [-0.15, -0.1) is 0 Å². The molecule has 2 atom stereocenters. The van der Waals surface area contributed by atoms with E-state index in [0.29, 0.717) is 6.54 Å². The van der Waals surface area contributed by atoms with Crippen molar-refractivity contribution >= 4 is 5.91 Å². The van der Waals surface area contributed by atoms with E-state index in [2.05, 4.69) is 0 Å². The van der Waals surface area contributed by atoms with Gasteiger partial charge < -0.3 is 15.4 Å². The number of carbonyl (C=O) groups is 1. The number of nitrogens with zero attached hydrogens (tertiary/aromatic N) is 1. The molecule has 4 heteroatoms. The zero-order chi connectivity index (χ0) is 9.14. The van der Waals surface area contributed by atoms with Gasteiger partial charge in [0.25, 0.3) is 5.91 Å². The van der Waals surface area contributed by atoms with Gasteiger partial charge in [0.05, 0.1) is 6.10 Å². The fourth-order valence-corrected chi connectivity index (χ4v) is 1.35. The lowest BCUT2D eigenvalue weighted by atomic mass is 10.2. The lowest BCUT2D eigenvalue weighted by Crippen LogP contribution is -2.34. The summed E-state index contributed by atoms with van der Waals surface area (Å²) in [6.07, 6.45) is 1.53. The zero-order valence-corrected chi connectivity index (χ0v) is 7.62. The zero-order valence-electron chi connectivity index (χ0n) is 7.62. The molecule has 1 rings (SSSR count). The molecule has 0 aromatic rings. The van der Waals surface area contributed by atoms with Crippen LogP contribution in [0.4, 0.5) is 0 Å². The second-order valence-corrected chi connectivity index (χ2v) is 3.29. The van der Waals surface area contributed by atoms with Gasteiger partial charge in [-0.2, -0.15) is 0 Å². The maximum Gasteiger partial charge on any atom is 0.251 e. The molecule has 2 unspecified atom stereocenters. The molecule has 0 aromatic heterocycles. The maximum atomic E-state index is 11.4. The van der Waals surface area contributed by atoms with E-state index in [1.165, 1.54) is 0 Å². The molecule has 0 aromatic carbocycles. The highest BCUT2D eigenvalue weighted by Gasteiger charge is 2.30. The predicted octanol–water partition coefficient (Wildman–Crippen LogP) is -0.419. The van der Waals surface area contributed by atoms with Gasteiger partial charge in [-0.3, -0.25) is 4.79 Å². The molecule has 4 nitrogen and oxygen atoms in total. The SMILES string of the molecule is CN(C)C(=O)C1CCC(CN)O1. The Kier molecular flexibility index (Phi) is 3.05. The summed E-state index contributed by atoms with van der Waals surface area (Å²) < 4.78 is 5.42. The van der Waals surface area contributed by atoms with Crippen LogP contribution in [0.3, 0.4) is 0 Å². The van der Waals surface area contributed by atoms with Gasteiger partial charge >= 0.3 is 0 Å². The van der Waals surface area contributed by atoms with E-state index >= 15 is 0 Å². The van der Waals surface area contributed by atoms with Crippen LogP contribution in [0.15, 0.2) is 0 Å². The summed E-state index contributed by atoms with van der Waals surface area (Å²) in [5, 5.41) is 0. The number of hydrogen-bond donors (Lipinski definition) is 1. The first-order chi connectivity index (χ1) is 5.65. The molecular formula is C8H16N2O2. The van der Waals surface area contributed by atoms with Crippen LogP contribution >= 0.6 is 0 Å².